The van der Waals surface area contributed by atoms with Gasteiger partial charge in [-0.25, -0.2) is 0 Å². The number of benzene rings is 1. The molecule has 3 nitrogen and oxygen atoms in total. The summed E-state index contributed by atoms with van der Waals surface area (Å²) in [7, 11) is 1.95. The van der Waals surface area contributed by atoms with Crippen LogP contribution in [0.2, 0.25) is 0 Å². The Morgan fingerprint density at radius 1 is 1.21 bits per heavy atom. The summed E-state index contributed by atoms with van der Waals surface area (Å²) in [6, 6.07) is 8.16. The fourth-order valence-electron chi connectivity index (χ4n) is 2.26. The van der Waals surface area contributed by atoms with Gasteiger partial charge >= 0.3 is 0 Å². The third-order valence-electron chi connectivity index (χ3n) is 3.26. The molecule has 0 unspecified atom stereocenters. The number of para-hydroxylation sites is 1. The second kappa shape index (κ2) is 7.31. The lowest BCUT2D eigenvalue weighted by atomic mass is 10.1. The molecule has 3 heteroatoms. The zero-order chi connectivity index (χ0) is 13.5. The fourth-order valence-corrected chi connectivity index (χ4v) is 2.26. The van der Waals surface area contributed by atoms with Gasteiger partial charge in [0.05, 0.1) is 0 Å². The van der Waals surface area contributed by atoms with Crippen molar-refractivity contribution in [3.63, 3.8) is 0 Å². The summed E-state index contributed by atoms with van der Waals surface area (Å²) < 4.78 is 11.6. The van der Waals surface area contributed by atoms with E-state index >= 15 is 0 Å². The summed E-state index contributed by atoms with van der Waals surface area (Å²) in [4.78, 5) is 0. The molecule has 1 aromatic heterocycles. The molecule has 0 amide bonds. The van der Waals surface area contributed by atoms with Crippen LogP contribution in [0.4, 0.5) is 0 Å². The molecule has 0 saturated carbocycles. The van der Waals surface area contributed by atoms with Crippen LogP contribution in [0.15, 0.2) is 28.7 Å². The number of ether oxygens (including phenoxy) is 1. The maximum atomic E-state index is 5.89. The molecule has 0 bridgehead atoms. The van der Waals surface area contributed by atoms with Crippen LogP contribution in [0.3, 0.4) is 0 Å². The van der Waals surface area contributed by atoms with E-state index in [1.807, 2.05) is 25.2 Å². The predicted octanol–water partition coefficient (Wildman–Crippen LogP) is 3.86. The fraction of sp³-hybridized carbons (Fsp3) is 0.500. The normalized spacial score (nSPS) is 11.3. The van der Waals surface area contributed by atoms with Gasteiger partial charge in [0, 0.05) is 24.1 Å². The second-order valence-electron chi connectivity index (χ2n) is 4.79. The van der Waals surface area contributed by atoms with E-state index in [1.54, 1.807) is 0 Å². The van der Waals surface area contributed by atoms with E-state index in [-0.39, 0.29) is 0 Å². The molecule has 2 aromatic rings. The van der Waals surface area contributed by atoms with Gasteiger partial charge in [-0.05, 0) is 19.5 Å². The minimum Gasteiger partial charge on any atom is -0.458 e. The molecule has 0 aliphatic rings. The summed E-state index contributed by atoms with van der Waals surface area (Å²) in [5.41, 5.74) is 2.16. The first kappa shape index (κ1) is 14.1. The van der Waals surface area contributed by atoms with Gasteiger partial charge in [0.1, 0.15) is 18.0 Å². The largest absolute Gasteiger partial charge is 0.458 e. The zero-order valence-electron chi connectivity index (χ0n) is 11.9. The number of hydrogen-bond acceptors (Lipinski definition) is 3. The Balaban J connectivity index is 2.06. The van der Waals surface area contributed by atoms with Crippen molar-refractivity contribution >= 4 is 11.0 Å². The zero-order valence-corrected chi connectivity index (χ0v) is 11.9. The summed E-state index contributed by atoms with van der Waals surface area (Å²) >= 11 is 0. The number of fused-ring (bicyclic) bond motifs is 1. The van der Waals surface area contributed by atoms with E-state index in [4.69, 9.17) is 9.15 Å². The highest BCUT2D eigenvalue weighted by molar-refractivity contribution is 5.82. The van der Waals surface area contributed by atoms with Crippen LogP contribution in [0, 0.1) is 0 Å². The first-order chi connectivity index (χ1) is 9.36. The summed E-state index contributed by atoms with van der Waals surface area (Å²) in [5, 5.41) is 4.38. The van der Waals surface area contributed by atoms with E-state index in [9.17, 15) is 0 Å². The highest BCUT2D eigenvalue weighted by Crippen LogP contribution is 2.26. The lowest BCUT2D eigenvalue weighted by molar-refractivity contribution is 0.103. The maximum Gasteiger partial charge on any atom is 0.135 e. The molecule has 19 heavy (non-hydrogen) atoms. The minimum absolute atomic E-state index is 0.565. The Hall–Kier alpha value is -1.32. The van der Waals surface area contributed by atoms with Crippen LogP contribution in [-0.2, 0) is 17.9 Å². The number of furan rings is 1. The van der Waals surface area contributed by atoms with Crippen molar-refractivity contribution in [2.75, 3.05) is 13.7 Å². The Kier molecular flexibility index (Phi) is 5.43. The number of unbranched alkanes of at least 4 members (excludes halogenated alkanes) is 2. The van der Waals surface area contributed by atoms with Crippen molar-refractivity contribution in [3.8, 4) is 0 Å². The molecule has 0 radical (unpaired) electrons. The Morgan fingerprint density at radius 2 is 2.05 bits per heavy atom. The molecule has 0 spiro atoms. The summed E-state index contributed by atoms with van der Waals surface area (Å²) in [5.74, 6) is 0.951. The summed E-state index contributed by atoms with van der Waals surface area (Å²) in [6.45, 7) is 4.38. The van der Waals surface area contributed by atoms with Gasteiger partial charge in [-0.15, -0.1) is 0 Å². The third-order valence-corrected chi connectivity index (χ3v) is 3.26. The second-order valence-corrected chi connectivity index (χ2v) is 4.79. The van der Waals surface area contributed by atoms with Gasteiger partial charge in [-0.2, -0.15) is 0 Å². The van der Waals surface area contributed by atoms with Crippen LogP contribution in [-0.4, -0.2) is 13.7 Å². The third kappa shape index (κ3) is 3.58. The van der Waals surface area contributed by atoms with Crippen LogP contribution >= 0.6 is 0 Å². The first-order valence-electron chi connectivity index (χ1n) is 7.08. The van der Waals surface area contributed by atoms with Gasteiger partial charge in [-0.1, -0.05) is 38.0 Å². The Morgan fingerprint density at radius 3 is 2.84 bits per heavy atom. The van der Waals surface area contributed by atoms with Crippen molar-refractivity contribution < 1.29 is 9.15 Å². The first-order valence-corrected chi connectivity index (χ1v) is 7.08. The van der Waals surface area contributed by atoms with Crippen molar-refractivity contribution in [1.29, 1.82) is 0 Å². The van der Waals surface area contributed by atoms with Crippen LogP contribution < -0.4 is 5.32 Å². The van der Waals surface area contributed by atoms with Crippen molar-refractivity contribution in [2.24, 2.45) is 0 Å². The van der Waals surface area contributed by atoms with E-state index < -0.39 is 0 Å². The average molecular weight is 261 g/mol. The molecule has 104 valence electrons. The van der Waals surface area contributed by atoms with E-state index in [0.717, 1.165) is 30.9 Å². The molecule has 0 aliphatic carbocycles. The molecular formula is C16H23NO2. The standard InChI is InChI=1S/C16H23NO2/c1-3-4-7-10-18-12-16-14(11-17-2)13-8-5-6-9-15(13)19-16/h5-6,8-9,17H,3-4,7,10-12H2,1-2H3. The molecule has 0 atom stereocenters. The minimum atomic E-state index is 0.565. The summed E-state index contributed by atoms with van der Waals surface area (Å²) in [6.07, 6.45) is 3.57. The van der Waals surface area contributed by atoms with Crippen LogP contribution in [0.5, 0.6) is 0 Å². The van der Waals surface area contributed by atoms with Crippen molar-refractivity contribution in [3.05, 3.63) is 35.6 Å². The Bertz CT molecular complexity index is 504. The van der Waals surface area contributed by atoms with Gasteiger partial charge in [0.2, 0.25) is 0 Å². The SMILES string of the molecule is CCCCCOCc1oc2ccccc2c1CNC. The number of hydrogen-bond donors (Lipinski definition) is 1. The van der Waals surface area contributed by atoms with Crippen molar-refractivity contribution in [2.45, 2.75) is 39.3 Å². The molecule has 0 saturated heterocycles. The smallest absolute Gasteiger partial charge is 0.135 e. The van der Waals surface area contributed by atoms with Gasteiger partial charge in [0.25, 0.3) is 0 Å². The van der Waals surface area contributed by atoms with E-state index in [0.29, 0.717) is 6.61 Å². The van der Waals surface area contributed by atoms with E-state index in [1.165, 1.54) is 23.8 Å². The lowest BCUT2D eigenvalue weighted by Crippen LogP contribution is -2.07. The van der Waals surface area contributed by atoms with Crippen LogP contribution in [0.25, 0.3) is 11.0 Å². The topological polar surface area (TPSA) is 34.4 Å². The van der Waals surface area contributed by atoms with Gasteiger partial charge in [-0.3, -0.25) is 0 Å². The highest BCUT2D eigenvalue weighted by Gasteiger charge is 2.12. The maximum absolute atomic E-state index is 5.89. The predicted molar refractivity (Wildman–Crippen MR) is 78.2 cm³/mol. The molecule has 1 N–H and O–H groups in total. The molecule has 0 aliphatic heterocycles. The average Bonchev–Trinajstić information content (AvgIpc) is 2.78. The molecular weight excluding hydrogens is 238 g/mol. The lowest BCUT2D eigenvalue weighted by Gasteiger charge is -2.04. The quantitative estimate of drug-likeness (QED) is 0.733. The number of nitrogens with one attached hydrogen (secondary N) is 1. The molecule has 2 rings (SSSR count). The van der Waals surface area contributed by atoms with E-state index in [2.05, 4.69) is 18.3 Å². The Labute approximate surface area is 114 Å². The van der Waals surface area contributed by atoms with Crippen LogP contribution in [0.1, 0.15) is 37.5 Å². The molecule has 0 fully saturated rings. The van der Waals surface area contributed by atoms with Gasteiger partial charge in [0.15, 0.2) is 0 Å². The van der Waals surface area contributed by atoms with Crippen molar-refractivity contribution in [1.82, 2.24) is 5.32 Å². The van der Waals surface area contributed by atoms with Gasteiger partial charge < -0.3 is 14.5 Å². The monoisotopic (exact) mass is 261 g/mol. The number of rotatable bonds is 8. The molecule has 1 heterocycles. The molecule has 1 aromatic carbocycles. The highest BCUT2D eigenvalue weighted by atomic mass is 16.5.